The average molecular weight is 573 g/mol. The van der Waals surface area contributed by atoms with Gasteiger partial charge in [0, 0.05) is 22.8 Å². The zero-order valence-corrected chi connectivity index (χ0v) is 26.5. The first-order valence-electron chi connectivity index (χ1n) is 16.1. The Bertz CT molecular complexity index is 1130. The number of cyclic esters (lactones) is 1. The second kappa shape index (κ2) is 10.4. The number of hydrogen-bond acceptors (Lipinski definition) is 7. The lowest BCUT2D eigenvalue weighted by Gasteiger charge is -2.70. The SMILES string of the molecule is CCC(=O)OC(C)[C@@]1(C)CCC[C@@]2(C)C1CC[C@]1(C)C2C[C@H](OC(=O)CC(C)O)[C@]2(C)C3=C(CCC12)[C@@H](C)OC3=O. The molecule has 4 aliphatic carbocycles. The smallest absolute Gasteiger partial charge is 0.335 e. The Morgan fingerprint density at radius 3 is 2.34 bits per heavy atom. The number of carbonyl (C=O) groups excluding carboxylic acids is 3. The van der Waals surface area contributed by atoms with Crippen molar-refractivity contribution in [3.05, 3.63) is 11.1 Å². The fourth-order valence-corrected chi connectivity index (χ4v) is 11.0. The minimum atomic E-state index is -0.791. The number of aliphatic hydroxyl groups is 1. The van der Waals surface area contributed by atoms with E-state index in [-0.39, 0.29) is 58.6 Å². The molecule has 41 heavy (non-hydrogen) atoms. The molecule has 5 rings (SSSR count). The van der Waals surface area contributed by atoms with Gasteiger partial charge in [0.2, 0.25) is 0 Å². The van der Waals surface area contributed by atoms with Gasteiger partial charge in [-0.2, -0.15) is 0 Å². The van der Waals surface area contributed by atoms with Crippen LogP contribution in [-0.2, 0) is 28.6 Å². The highest BCUT2D eigenvalue weighted by Crippen LogP contribution is 2.74. The van der Waals surface area contributed by atoms with Gasteiger partial charge in [0.25, 0.3) is 0 Å². The molecule has 7 heteroatoms. The summed E-state index contributed by atoms with van der Waals surface area (Å²) in [7, 11) is 0. The predicted octanol–water partition coefficient (Wildman–Crippen LogP) is 6.30. The van der Waals surface area contributed by atoms with E-state index in [2.05, 4.69) is 34.6 Å². The maximum absolute atomic E-state index is 13.4. The maximum Gasteiger partial charge on any atom is 0.335 e. The van der Waals surface area contributed by atoms with Crippen molar-refractivity contribution in [2.75, 3.05) is 0 Å². The van der Waals surface area contributed by atoms with E-state index in [1.54, 1.807) is 6.92 Å². The highest BCUT2D eigenvalue weighted by molar-refractivity contribution is 5.94. The third-order valence-electron chi connectivity index (χ3n) is 13.0. The Balaban J connectivity index is 1.57. The summed E-state index contributed by atoms with van der Waals surface area (Å²) in [5.74, 6) is 0.00309. The highest BCUT2D eigenvalue weighted by atomic mass is 16.6. The molecule has 1 N–H and O–H groups in total. The van der Waals surface area contributed by atoms with Gasteiger partial charge in [0.1, 0.15) is 18.3 Å². The van der Waals surface area contributed by atoms with Crippen molar-refractivity contribution in [2.24, 2.45) is 39.4 Å². The maximum atomic E-state index is 13.4. The highest BCUT2D eigenvalue weighted by Gasteiger charge is 2.70. The van der Waals surface area contributed by atoms with Crippen LogP contribution in [0.4, 0.5) is 0 Å². The molecule has 0 spiro atoms. The average Bonchev–Trinajstić information content (AvgIpc) is 3.18. The number of esters is 3. The van der Waals surface area contributed by atoms with Crippen LogP contribution in [0, 0.1) is 39.4 Å². The molecule has 0 bridgehead atoms. The predicted molar refractivity (Wildman–Crippen MR) is 154 cm³/mol. The Labute approximate surface area is 246 Å². The van der Waals surface area contributed by atoms with Crippen molar-refractivity contribution in [3.8, 4) is 0 Å². The van der Waals surface area contributed by atoms with Gasteiger partial charge in [0.15, 0.2) is 0 Å². The summed E-state index contributed by atoms with van der Waals surface area (Å²) in [6.07, 6.45) is 6.36. The van der Waals surface area contributed by atoms with Crippen LogP contribution in [0.5, 0.6) is 0 Å². The van der Waals surface area contributed by atoms with Crippen LogP contribution in [-0.4, -0.2) is 47.4 Å². The van der Waals surface area contributed by atoms with E-state index < -0.39 is 23.6 Å². The lowest BCUT2D eigenvalue weighted by Crippen LogP contribution is -2.67. The summed E-state index contributed by atoms with van der Waals surface area (Å²) in [5, 5.41) is 9.97. The van der Waals surface area contributed by atoms with E-state index in [0.717, 1.165) is 56.1 Å². The van der Waals surface area contributed by atoms with Crippen LogP contribution in [0.15, 0.2) is 11.1 Å². The van der Waals surface area contributed by atoms with E-state index in [0.29, 0.717) is 18.8 Å². The minimum Gasteiger partial charge on any atom is -0.462 e. The molecule has 0 aromatic rings. The third kappa shape index (κ3) is 4.50. The van der Waals surface area contributed by atoms with Gasteiger partial charge in [0.05, 0.1) is 12.5 Å². The fourth-order valence-electron chi connectivity index (χ4n) is 11.0. The summed E-state index contributed by atoms with van der Waals surface area (Å²) in [4.78, 5) is 38.9. The molecule has 1 aliphatic heterocycles. The van der Waals surface area contributed by atoms with Gasteiger partial charge in [-0.15, -0.1) is 0 Å². The van der Waals surface area contributed by atoms with Crippen LogP contribution in [0.3, 0.4) is 0 Å². The van der Waals surface area contributed by atoms with Gasteiger partial charge in [-0.1, -0.05) is 41.0 Å². The first-order chi connectivity index (χ1) is 19.1. The monoisotopic (exact) mass is 572 g/mol. The molecule has 0 radical (unpaired) electrons. The molecule has 11 atom stereocenters. The third-order valence-corrected chi connectivity index (χ3v) is 13.0. The zero-order valence-electron chi connectivity index (χ0n) is 26.5. The molecule has 0 aromatic carbocycles. The van der Waals surface area contributed by atoms with Crippen molar-refractivity contribution < 1.29 is 33.7 Å². The van der Waals surface area contributed by atoms with Crippen LogP contribution >= 0.6 is 0 Å². The lowest BCUT2D eigenvalue weighted by molar-refractivity contribution is -0.237. The van der Waals surface area contributed by atoms with Gasteiger partial charge in [-0.25, -0.2) is 4.79 Å². The van der Waals surface area contributed by atoms with Crippen LogP contribution < -0.4 is 0 Å². The molecule has 3 fully saturated rings. The van der Waals surface area contributed by atoms with Crippen molar-refractivity contribution >= 4 is 17.9 Å². The molecular weight excluding hydrogens is 520 g/mol. The molecule has 0 saturated heterocycles. The number of ether oxygens (including phenoxy) is 3. The molecule has 7 nitrogen and oxygen atoms in total. The molecular formula is C34H52O7. The number of carbonyl (C=O) groups is 3. The molecule has 5 aliphatic rings. The van der Waals surface area contributed by atoms with E-state index in [1.165, 1.54) is 0 Å². The molecule has 230 valence electrons. The standard InChI is InChI=1S/C34H52O7/c1-9-27(36)40-21(4)31(5)14-10-15-32(6)23(31)13-16-33(7)24-12-11-22-20(3)39-30(38)29(22)34(24,8)26(18-25(32)33)41-28(37)17-19(2)35/h19-21,23-26,35H,9-18H2,1-8H3/t19?,20-,21?,23?,24?,25?,26+,31-,32+,33+,34-/m1/s1. The van der Waals surface area contributed by atoms with Crippen LogP contribution in [0.2, 0.25) is 0 Å². The Kier molecular flexibility index (Phi) is 7.74. The van der Waals surface area contributed by atoms with Crippen LogP contribution in [0.1, 0.15) is 120 Å². The first-order valence-corrected chi connectivity index (χ1v) is 16.1. The summed E-state index contributed by atoms with van der Waals surface area (Å²) < 4.78 is 18.1. The normalized spacial score (nSPS) is 44.9. The van der Waals surface area contributed by atoms with E-state index in [4.69, 9.17) is 14.2 Å². The van der Waals surface area contributed by atoms with Crippen LogP contribution in [0.25, 0.3) is 0 Å². The number of aliphatic hydroxyl groups excluding tert-OH is 1. The van der Waals surface area contributed by atoms with Crippen molar-refractivity contribution in [1.82, 2.24) is 0 Å². The fraction of sp³-hybridized carbons (Fsp3) is 0.853. The topological polar surface area (TPSA) is 99.1 Å². The summed E-state index contributed by atoms with van der Waals surface area (Å²) in [6.45, 7) is 16.8. The number of rotatable bonds is 6. The van der Waals surface area contributed by atoms with Crippen molar-refractivity contribution in [3.63, 3.8) is 0 Å². The second-order valence-electron chi connectivity index (χ2n) is 15.1. The molecule has 3 saturated carbocycles. The molecule has 1 heterocycles. The Morgan fingerprint density at radius 2 is 1.68 bits per heavy atom. The second-order valence-corrected chi connectivity index (χ2v) is 15.1. The zero-order chi connectivity index (χ0) is 30.1. The van der Waals surface area contributed by atoms with Crippen molar-refractivity contribution in [2.45, 2.75) is 144 Å². The number of hydrogen-bond donors (Lipinski definition) is 1. The molecule has 5 unspecified atom stereocenters. The summed E-state index contributed by atoms with van der Waals surface area (Å²) in [5.41, 5.74) is 0.979. The quantitative estimate of drug-likeness (QED) is 0.294. The lowest BCUT2D eigenvalue weighted by atomic mass is 9.34. The van der Waals surface area contributed by atoms with Gasteiger partial charge < -0.3 is 19.3 Å². The Hall–Kier alpha value is -1.89. The van der Waals surface area contributed by atoms with E-state index in [9.17, 15) is 19.5 Å². The first kappa shape index (κ1) is 30.6. The minimum absolute atomic E-state index is 0.0265. The summed E-state index contributed by atoms with van der Waals surface area (Å²) in [6, 6.07) is 0. The summed E-state index contributed by atoms with van der Waals surface area (Å²) >= 11 is 0. The molecule has 0 aromatic heterocycles. The number of fused-ring (bicyclic) bond motifs is 6. The van der Waals surface area contributed by atoms with E-state index >= 15 is 0 Å². The molecule has 0 amide bonds. The Morgan fingerprint density at radius 1 is 1.00 bits per heavy atom. The van der Waals surface area contributed by atoms with Crippen molar-refractivity contribution in [1.29, 1.82) is 0 Å². The van der Waals surface area contributed by atoms with Gasteiger partial charge >= 0.3 is 17.9 Å². The van der Waals surface area contributed by atoms with Gasteiger partial charge in [-0.3, -0.25) is 9.59 Å². The largest absolute Gasteiger partial charge is 0.462 e. The van der Waals surface area contributed by atoms with Gasteiger partial charge in [-0.05, 0) is 99.9 Å². The van der Waals surface area contributed by atoms with E-state index in [1.807, 2.05) is 13.8 Å².